The maximum absolute atomic E-state index is 5.65. The molecule has 0 bridgehead atoms. The van der Waals surface area contributed by atoms with Gasteiger partial charge in [-0.05, 0) is 12.0 Å². The molecule has 0 radical (unpaired) electrons. The summed E-state index contributed by atoms with van der Waals surface area (Å²) in [6.07, 6.45) is 3.32. The van der Waals surface area contributed by atoms with E-state index in [1.165, 1.54) is 5.56 Å². The molecule has 0 amide bonds. The molecule has 1 heterocycles. The Labute approximate surface area is 112 Å². The van der Waals surface area contributed by atoms with Crippen LogP contribution in [0.15, 0.2) is 34.9 Å². The largest absolute Gasteiger partial charge is 0.441 e. The van der Waals surface area contributed by atoms with Gasteiger partial charge in [-0.2, -0.15) is 0 Å². The number of rotatable bonds is 6. The Morgan fingerprint density at radius 1 is 1.22 bits per heavy atom. The van der Waals surface area contributed by atoms with Crippen molar-refractivity contribution in [2.75, 3.05) is 19.6 Å². The van der Waals surface area contributed by atoms with Crippen LogP contribution in [0, 0.1) is 0 Å². The van der Waals surface area contributed by atoms with E-state index in [9.17, 15) is 0 Å². The van der Waals surface area contributed by atoms with Gasteiger partial charge in [0.25, 0.3) is 0 Å². The van der Waals surface area contributed by atoms with Crippen LogP contribution in [0.25, 0.3) is 11.3 Å². The van der Waals surface area contributed by atoms with Crippen molar-refractivity contribution in [3.8, 4) is 11.3 Å². The van der Waals surface area contributed by atoms with Crippen molar-refractivity contribution in [1.82, 2.24) is 4.98 Å². The Bertz CT molecular complexity index is 479. The van der Waals surface area contributed by atoms with Gasteiger partial charge in [-0.1, -0.05) is 24.3 Å². The lowest BCUT2D eigenvalue weighted by Gasteiger charge is -2.01. The maximum Gasteiger partial charge on any atom is 0.196 e. The summed E-state index contributed by atoms with van der Waals surface area (Å²) < 4.78 is 10.7. The molecule has 0 saturated carbocycles. The van der Waals surface area contributed by atoms with Gasteiger partial charge in [0.05, 0.1) is 12.8 Å². The first kappa shape index (κ1) is 13.1. The number of hydrogen-bond donors (Lipinski definition) is 0. The number of oxazole rings is 1. The lowest BCUT2D eigenvalue weighted by Crippen LogP contribution is -1.93. The average Bonchev–Trinajstić information content (AvgIpc) is 2.86. The first-order valence-corrected chi connectivity index (χ1v) is 6.46. The van der Waals surface area contributed by atoms with Crippen LogP contribution in [0.4, 0.5) is 0 Å². The average molecular weight is 266 g/mol. The van der Waals surface area contributed by atoms with Gasteiger partial charge in [0.2, 0.25) is 0 Å². The Morgan fingerprint density at radius 3 is 2.67 bits per heavy atom. The van der Waals surface area contributed by atoms with Crippen LogP contribution in [-0.2, 0) is 17.6 Å². The zero-order valence-electron chi connectivity index (χ0n) is 10.4. The van der Waals surface area contributed by atoms with Crippen molar-refractivity contribution in [2.24, 2.45) is 0 Å². The molecule has 18 heavy (non-hydrogen) atoms. The third kappa shape index (κ3) is 3.34. The Hall–Kier alpha value is -1.32. The van der Waals surface area contributed by atoms with Crippen molar-refractivity contribution >= 4 is 11.6 Å². The van der Waals surface area contributed by atoms with Gasteiger partial charge in [0.1, 0.15) is 0 Å². The second-order valence-electron chi connectivity index (χ2n) is 4.00. The number of ether oxygens (including phenoxy) is 1. The zero-order chi connectivity index (χ0) is 12.8. The topological polar surface area (TPSA) is 35.3 Å². The highest BCUT2D eigenvalue weighted by atomic mass is 35.5. The summed E-state index contributed by atoms with van der Waals surface area (Å²) in [6.45, 7) is 0.738. The number of nitrogens with zero attached hydrogens (tertiary/aromatic N) is 1. The minimum Gasteiger partial charge on any atom is -0.441 e. The van der Waals surface area contributed by atoms with E-state index in [-0.39, 0.29) is 0 Å². The van der Waals surface area contributed by atoms with Crippen LogP contribution in [-0.4, -0.2) is 24.6 Å². The molecule has 2 rings (SSSR count). The molecule has 0 aliphatic carbocycles. The molecule has 4 heteroatoms. The van der Waals surface area contributed by atoms with Crippen molar-refractivity contribution in [2.45, 2.75) is 12.8 Å². The number of aryl methyl sites for hydroxylation is 1. The van der Waals surface area contributed by atoms with E-state index in [2.05, 4.69) is 17.1 Å². The second kappa shape index (κ2) is 6.57. The van der Waals surface area contributed by atoms with Gasteiger partial charge in [-0.3, -0.25) is 0 Å². The molecular weight excluding hydrogens is 250 g/mol. The van der Waals surface area contributed by atoms with Gasteiger partial charge in [-0.15, -0.1) is 11.6 Å². The molecule has 0 saturated heterocycles. The highest BCUT2D eigenvalue weighted by Crippen LogP contribution is 2.21. The lowest BCUT2D eigenvalue weighted by atomic mass is 10.1. The zero-order valence-corrected chi connectivity index (χ0v) is 11.1. The van der Waals surface area contributed by atoms with E-state index in [0.717, 1.165) is 24.4 Å². The Balaban J connectivity index is 2.07. The number of methoxy groups -OCH3 is 1. The van der Waals surface area contributed by atoms with E-state index < -0.39 is 0 Å². The predicted molar refractivity (Wildman–Crippen MR) is 71.9 cm³/mol. The first-order chi connectivity index (χ1) is 8.83. The summed E-state index contributed by atoms with van der Waals surface area (Å²) in [6, 6.07) is 8.24. The molecule has 0 N–H and O–H groups in total. The number of aromatic nitrogens is 1. The number of halogens is 1. The fraction of sp³-hybridized carbons (Fsp3) is 0.357. The highest BCUT2D eigenvalue weighted by Gasteiger charge is 2.05. The van der Waals surface area contributed by atoms with E-state index in [1.54, 1.807) is 13.3 Å². The van der Waals surface area contributed by atoms with E-state index >= 15 is 0 Å². The van der Waals surface area contributed by atoms with Crippen LogP contribution in [0.2, 0.25) is 0 Å². The fourth-order valence-electron chi connectivity index (χ4n) is 1.70. The third-order valence-corrected chi connectivity index (χ3v) is 2.88. The molecule has 0 aliphatic rings. The quantitative estimate of drug-likeness (QED) is 0.752. The molecule has 0 unspecified atom stereocenters. The second-order valence-corrected chi connectivity index (χ2v) is 4.37. The first-order valence-electron chi connectivity index (χ1n) is 5.92. The summed E-state index contributed by atoms with van der Waals surface area (Å²) in [4.78, 5) is 4.18. The maximum atomic E-state index is 5.65. The Morgan fingerprint density at radius 2 is 2.00 bits per heavy atom. The van der Waals surface area contributed by atoms with Gasteiger partial charge >= 0.3 is 0 Å². The molecule has 96 valence electrons. The van der Waals surface area contributed by atoms with Gasteiger partial charge in [-0.25, -0.2) is 4.98 Å². The monoisotopic (exact) mass is 265 g/mol. The van der Waals surface area contributed by atoms with Crippen molar-refractivity contribution < 1.29 is 9.15 Å². The SMILES string of the molecule is COCCc1ccc(-c2cnc(CCCl)o2)cc1. The van der Waals surface area contributed by atoms with Crippen LogP contribution in [0.3, 0.4) is 0 Å². The minimum absolute atomic E-state index is 0.524. The summed E-state index contributed by atoms with van der Waals surface area (Å²) in [5, 5.41) is 0. The minimum atomic E-state index is 0.524. The molecule has 1 aromatic carbocycles. The molecule has 0 spiro atoms. The smallest absolute Gasteiger partial charge is 0.196 e. The Kier molecular flexibility index (Phi) is 4.79. The molecule has 0 fully saturated rings. The molecule has 1 aromatic heterocycles. The van der Waals surface area contributed by atoms with Gasteiger partial charge in [0.15, 0.2) is 11.7 Å². The van der Waals surface area contributed by atoms with Crippen molar-refractivity contribution in [1.29, 1.82) is 0 Å². The normalized spacial score (nSPS) is 10.8. The van der Waals surface area contributed by atoms with Gasteiger partial charge in [0, 0.05) is 25.0 Å². The van der Waals surface area contributed by atoms with Crippen LogP contribution < -0.4 is 0 Å². The van der Waals surface area contributed by atoms with Crippen LogP contribution in [0.1, 0.15) is 11.5 Å². The van der Waals surface area contributed by atoms with Crippen LogP contribution >= 0.6 is 11.6 Å². The van der Waals surface area contributed by atoms with Crippen molar-refractivity contribution in [3.05, 3.63) is 41.9 Å². The summed E-state index contributed by atoms with van der Waals surface area (Å²) >= 11 is 5.65. The summed E-state index contributed by atoms with van der Waals surface area (Å²) in [5.41, 5.74) is 2.28. The molecule has 2 aromatic rings. The molecule has 0 aliphatic heterocycles. The van der Waals surface area contributed by atoms with E-state index in [1.807, 2.05) is 12.1 Å². The predicted octanol–water partition coefficient (Wildman–Crippen LogP) is 3.31. The van der Waals surface area contributed by atoms with E-state index in [0.29, 0.717) is 18.2 Å². The summed E-state index contributed by atoms with van der Waals surface area (Å²) in [5.74, 6) is 1.99. The number of hydrogen-bond acceptors (Lipinski definition) is 3. The lowest BCUT2D eigenvalue weighted by molar-refractivity contribution is 0.202. The standard InChI is InChI=1S/C14H16ClNO2/c1-17-9-7-11-2-4-12(5-3-11)13-10-16-14(18-13)6-8-15/h2-5,10H,6-9H2,1H3. The fourth-order valence-corrected chi connectivity index (χ4v) is 1.86. The molecule has 0 atom stereocenters. The number of alkyl halides is 1. The van der Waals surface area contributed by atoms with Crippen LogP contribution in [0.5, 0.6) is 0 Å². The number of benzene rings is 1. The van der Waals surface area contributed by atoms with Crippen molar-refractivity contribution in [3.63, 3.8) is 0 Å². The summed E-state index contributed by atoms with van der Waals surface area (Å²) in [7, 11) is 1.71. The third-order valence-electron chi connectivity index (χ3n) is 2.70. The van der Waals surface area contributed by atoms with E-state index in [4.69, 9.17) is 20.8 Å². The molecular formula is C14H16ClNO2. The van der Waals surface area contributed by atoms with Gasteiger partial charge < -0.3 is 9.15 Å². The highest BCUT2D eigenvalue weighted by molar-refractivity contribution is 6.17. The molecule has 3 nitrogen and oxygen atoms in total.